The van der Waals surface area contributed by atoms with Crippen LogP contribution in [-0.2, 0) is 4.79 Å². The lowest BCUT2D eigenvalue weighted by molar-refractivity contribution is -0.130. The Kier molecular flexibility index (Phi) is 3.80. The molecular formula is C19H30O2. The molecule has 3 aliphatic rings. The van der Waals surface area contributed by atoms with Gasteiger partial charge in [-0.2, -0.15) is 0 Å². The largest absolute Gasteiger partial charge is 0.386 e. The number of carbonyl (C=O) groups excluding carboxylic acids is 1. The van der Waals surface area contributed by atoms with Crippen LogP contribution >= 0.6 is 0 Å². The van der Waals surface area contributed by atoms with Crippen LogP contribution in [0.4, 0.5) is 0 Å². The third-order valence-corrected chi connectivity index (χ3v) is 6.70. The van der Waals surface area contributed by atoms with Gasteiger partial charge in [-0.3, -0.25) is 4.79 Å². The predicted molar refractivity (Wildman–Crippen MR) is 84.8 cm³/mol. The summed E-state index contributed by atoms with van der Waals surface area (Å²) in [6, 6.07) is 0. The number of fused-ring (bicyclic) bond motifs is 1. The smallest absolute Gasteiger partial charge is 0.136 e. The fourth-order valence-electron chi connectivity index (χ4n) is 5.72. The zero-order chi connectivity index (χ0) is 15.3. The maximum atomic E-state index is 12.2. The lowest BCUT2D eigenvalue weighted by Gasteiger charge is -2.42. The monoisotopic (exact) mass is 290 g/mol. The average Bonchev–Trinajstić information content (AvgIpc) is 2.90. The molecule has 118 valence electrons. The van der Waals surface area contributed by atoms with Crippen LogP contribution in [-0.4, -0.2) is 16.5 Å². The Hall–Kier alpha value is -0.630. The quantitative estimate of drug-likeness (QED) is 0.794. The summed E-state index contributed by atoms with van der Waals surface area (Å²) < 4.78 is 0. The Morgan fingerprint density at radius 3 is 2.81 bits per heavy atom. The van der Waals surface area contributed by atoms with E-state index in [1.54, 1.807) is 0 Å². The number of carbonyl (C=O) groups is 1. The Labute approximate surface area is 129 Å². The van der Waals surface area contributed by atoms with E-state index in [4.69, 9.17) is 0 Å². The molecular weight excluding hydrogens is 260 g/mol. The molecule has 2 nitrogen and oxygen atoms in total. The molecule has 6 atom stereocenters. The molecule has 21 heavy (non-hydrogen) atoms. The molecule has 2 fully saturated rings. The topological polar surface area (TPSA) is 37.3 Å². The molecule has 0 spiro atoms. The van der Waals surface area contributed by atoms with E-state index in [2.05, 4.69) is 19.9 Å². The van der Waals surface area contributed by atoms with E-state index in [9.17, 15) is 9.90 Å². The zero-order valence-electron chi connectivity index (χ0n) is 13.8. The van der Waals surface area contributed by atoms with Gasteiger partial charge in [-0.15, -0.1) is 0 Å². The summed E-state index contributed by atoms with van der Waals surface area (Å²) in [4.78, 5) is 12.2. The van der Waals surface area contributed by atoms with Gasteiger partial charge in [0.05, 0.1) is 5.60 Å². The summed E-state index contributed by atoms with van der Waals surface area (Å²) >= 11 is 0. The first-order valence-electron chi connectivity index (χ1n) is 8.76. The molecule has 0 aliphatic heterocycles. The van der Waals surface area contributed by atoms with Crippen LogP contribution in [0.5, 0.6) is 0 Å². The normalized spacial score (nSPS) is 47.6. The highest BCUT2D eigenvalue weighted by Crippen LogP contribution is 2.57. The molecule has 3 unspecified atom stereocenters. The van der Waals surface area contributed by atoms with Gasteiger partial charge in [0.2, 0.25) is 0 Å². The van der Waals surface area contributed by atoms with E-state index >= 15 is 0 Å². The molecule has 3 aliphatic carbocycles. The lowest BCUT2D eigenvalue weighted by Crippen LogP contribution is -2.39. The van der Waals surface area contributed by atoms with Crippen LogP contribution < -0.4 is 0 Å². The lowest BCUT2D eigenvalue weighted by atomic mass is 9.61. The van der Waals surface area contributed by atoms with Gasteiger partial charge in [0.1, 0.15) is 5.78 Å². The highest BCUT2D eigenvalue weighted by molar-refractivity contribution is 5.83. The van der Waals surface area contributed by atoms with E-state index in [-0.39, 0.29) is 5.41 Å². The molecule has 1 N–H and O–H groups in total. The Balaban J connectivity index is 1.67. The zero-order valence-corrected chi connectivity index (χ0v) is 13.8. The maximum Gasteiger partial charge on any atom is 0.136 e. The number of aliphatic hydroxyl groups is 1. The Bertz CT molecular complexity index is 450. The Morgan fingerprint density at radius 1 is 1.38 bits per heavy atom. The summed E-state index contributed by atoms with van der Waals surface area (Å²) in [6.07, 6.45) is 11.7. The molecule has 0 amide bonds. The maximum absolute atomic E-state index is 12.2. The second-order valence-corrected chi connectivity index (χ2v) is 8.46. The van der Waals surface area contributed by atoms with Gasteiger partial charge in [0.25, 0.3) is 0 Å². The summed E-state index contributed by atoms with van der Waals surface area (Å²) in [7, 11) is 0. The molecule has 0 heterocycles. The third-order valence-electron chi connectivity index (χ3n) is 6.70. The van der Waals surface area contributed by atoms with Crippen molar-refractivity contribution in [2.75, 3.05) is 0 Å². The van der Waals surface area contributed by atoms with Gasteiger partial charge in [-0.05, 0) is 68.6 Å². The van der Waals surface area contributed by atoms with Crippen molar-refractivity contribution in [1.29, 1.82) is 0 Å². The molecule has 0 aromatic carbocycles. The first kappa shape index (κ1) is 15.3. The van der Waals surface area contributed by atoms with E-state index in [0.29, 0.717) is 29.5 Å². The summed E-state index contributed by atoms with van der Waals surface area (Å²) in [6.45, 7) is 6.66. The van der Waals surface area contributed by atoms with Crippen LogP contribution in [0.25, 0.3) is 0 Å². The van der Waals surface area contributed by atoms with Crippen LogP contribution in [0, 0.1) is 29.1 Å². The van der Waals surface area contributed by atoms with Crippen molar-refractivity contribution >= 4 is 5.78 Å². The molecule has 2 saturated carbocycles. The van der Waals surface area contributed by atoms with Gasteiger partial charge in [-0.25, -0.2) is 0 Å². The molecule has 0 bridgehead atoms. The first-order chi connectivity index (χ1) is 9.82. The van der Waals surface area contributed by atoms with Crippen molar-refractivity contribution in [3.05, 3.63) is 12.2 Å². The van der Waals surface area contributed by atoms with E-state index in [0.717, 1.165) is 32.1 Å². The third kappa shape index (κ3) is 2.72. The molecule has 0 saturated heterocycles. The standard InChI is InChI=1S/C19H30O2/c1-13(11-14-8-10-18(2,21)12-14)15-6-7-16-17(20)5-4-9-19(15,16)3/h8,10,13-16,21H,4-7,9,11-12H2,1-3H3/t13-,14?,15?,16+,18?,19-/m1/s1. The number of allylic oxidation sites excluding steroid dienone is 1. The van der Waals surface area contributed by atoms with Gasteiger partial charge in [0, 0.05) is 12.3 Å². The minimum absolute atomic E-state index is 0.250. The fraction of sp³-hybridized carbons (Fsp3) is 0.842. The van der Waals surface area contributed by atoms with Crippen molar-refractivity contribution in [3.63, 3.8) is 0 Å². The fourth-order valence-corrected chi connectivity index (χ4v) is 5.72. The van der Waals surface area contributed by atoms with Crippen molar-refractivity contribution in [1.82, 2.24) is 0 Å². The molecule has 2 heteroatoms. The van der Waals surface area contributed by atoms with Crippen LogP contribution in [0.15, 0.2) is 12.2 Å². The second-order valence-electron chi connectivity index (χ2n) is 8.46. The Morgan fingerprint density at radius 2 is 2.14 bits per heavy atom. The second kappa shape index (κ2) is 5.22. The van der Waals surface area contributed by atoms with Crippen molar-refractivity contribution < 1.29 is 9.90 Å². The predicted octanol–water partition coefficient (Wildman–Crippen LogP) is 4.13. The van der Waals surface area contributed by atoms with Gasteiger partial charge < -0.3 is 5.11 Å². The number of rotatable bonds is 3. The summed E-state index contributed by atoms with van der Waals surface area (Å²) in [5.74, 6) is 2.71. The van der Waals surface area contributed by atoms with Crippen molar-refractivity contribution in [3.8, 4) is 0 Å². The van der Waals surface area contributed by atoms with Crippen LogP contribution in [0.1, 0.15) is 65.7 Å². The molecule has 3 rings (SSSR count). The van der Waals surface area contributed by atoms with E-state index in [1.165, 1.54) is 12.8 Å². The number of Topliss-reactive ketones (excluding diaryl/α,β-unsaturated/α-hetero) is 1. The van der Waals surface area contributed by atoms with Gasteiger partial charge in [-0.1, -0.05) is 26.0 Å². The summed E-state index contributed by atoms with van der Waals surface area (Å²) in [5, 5.41) is 10.1. The minimum Gasteiger partial charge on any atom is -0.386 e. The SMILES string of the molecule is C[C@H](CC1C=CC(C)(O)C1)C1CC[C@H]2C(=O)CCC[C@]12C. The van der Waals surface area contributed by atoms with Gasteiger partial charge in [0.15, 0.2) is 0 Å². The summed E-state index contributed by atoms with van der Waals surface area (Å²) in [5.41, 5.74) is -0.354. The molecule has 0 aromatic rings. The highest BCUT2D eigenvalue weighted by Gasteiger charge is 2.52. The van der Waals surface area contributed by atoms with E-state index in [1.807, 2.05) is 13.0 Å². The van der Waals surface area contributed by atoms with Crippen LogP contribution in [0.3, 0.4) is 0 Å². The van der Waals surface area contributed by atoms with Crippen LogP contribution in [0.2, 0.25) is 0 Å². The highest BCUT2D eigenvalue weighted by atomic mass is 16.3. The number of hydrogen-bond acceptors (Lipinski definition) is 2. The minimum atomic E-state index is -0.604. The molecule has 0 radical (unpaired) electrons. The van der Waals surface area contributed by atoms with Gasteiger partial charge >= 0.3 is 0 Å². The average molecular weight is 290 g/mol. The van der Waals surface area contributed by atoms with E-state index < -0.39 is 5.60 Å². The number of hydrogen-bond donors (Lipinski definition) is 1. The van der Waals surface area contributed by atoms with Crippen molar-refractivity contribution in [2.24, 2.45) is 29.1 Å². The van der Waals surface area contributed by atoms with Crippen molar-refractivity contribution in [2.45, 2.75) is 71.3 Å². The number of ketones is 1. The first-order valence-corrected chi connectivity index (χ1v) is 8.76. The molecule has 0 aromatic heterocycles.